The second-order valence-electron chi connectivity index (χ2n) is 5.47. The van der Waals surface area contributed by atoms with Gasteiger partial charge in [-0.15, -0.1) is 0 Å². The standard InChI is InChI=1S/C18H17N3O5/c1-25-15-7-11-13(8-16(15)26-2)19-10-21(18(11)24)9-17(23)20-12-5-3-4-6-14(12)22/h3-8,10,22H,9H2,1-2H3,(H,20,23). The number of phenols is 1. The van der Waals surface area contributed by atoms with Gasteiger partial charge in [0, 0.05) is 6.07 Å². The lowest BCUT2D eigenvalue weighted by molar-refractivity contribution is -0.116. The van der Waals surface area contributed by atoms with E-state index in [0.29, 0.717) is 22.4 Å². The molecule has 0 radical (unpaired) electrons. The van der Waals surface area contributed by atoms with Gasteiger partial charge in [-0.3, -0.25) is 14.2 Å². The van der Waals surface area contributed by atoms with Crippen LogP contribution in [0.2, 0.25) is 0 Å². The highest BCUT2D eigenvalue weighted by atomic mass is 16.5. The van der Waals surface area contributed by atoms with Crippen molar-refractivity contribution < 1.29 is 19.4 Å². The van der Waals surface area contributed by atoms with Crippen LogP contribution >= 0.6 is 0 Å². The zero-order chi connectivity index (χ0) is 18.7. The topological polar surface area (TPSA) is 103 Å². The van der Waals surface area contributed by atoms with Gasteiger partial charge in [-0.25, -0.2) is 4.98 Å². The lowest BCUT2D eigenvalue weighted by atomic mass is 10.2. The molecule has 8 heteroatoms. The molecule has 0 aliphatic heterocycles. The molecule has 1 aromatic heterocycles. The van der Waals surface area contributed by atoms with E-state index in [2.05, 4.69) is 10.3 Å². The molecule has 0 saturated carbocycles. The highest BCUT2D eigenvalue weighted by molar-refractivity contribution is 5.92. The Morgan fingerprint density at radius 1 is 1.19 bits per heavy atom. The minimum Gasteiger partial charge on any atom is -0.506 e. The van der Waals surface area contributed by atoms with Crippen molar-refractivity contribution in [3.63, 3.8) is 0 Å². The quantitative estimate of drug-likeness (QED) is 0.676. The Balaban J connectivity index is 1.91. The lowest BCUT2D eigenvalue weighted by Crippen LogP contribution is -2.28. The normalized spacial score (nSPS) is 10.5. The summed E-state index contributed by atoms with van der Waals surface area (Å²) in [4.78, 5) is 29.0. The third-order valence-electron chi connectivity index (χ3n) is 3.82. The smallest absolute Gasteiger partial charge is 0.261 e. The van der Waals surface area contributed by atoms with Crippen LogP contribution in [0, 0.1) is 0 Å². The summed E-state index contributed by atoms with van der Waals surface area (Å²) >= 11 is 0. The average Bonchev–Trinajstić information content (AvgIpc) is 2.65. The maximum absolute atomic E-state index is 12.6. The third-order valence-corrected chi connectivity index (χ3v) is 3.82. The predicted molar refractivity (Wildman–Crippen MR) is 95.8 cm³/mol. The van der Waals surface area contributed by atoms with Crippen molar-refractivity contribution in [1.29, 1.82) is 0 Å². The second-order valence-corrected chi connectivity index (χ2v) is 5.47. The number of anilines is 1. The summed E-state index contributed by atoms with van der Waals surface area (Å²) in [5.41, 5.74) is 0.319. The van der Waals surface area contributed by atoms with Crippen LogP contribution in [0.15, 0.2) is 47.5 Å². The summed E-state index contributed by atoms with van der Waals surface area (Å²) < 4.78 is 11.6. The van der Waals surface area contributed by atoms with E-state index in [9.17, 15) is 14.7 Å². The molecule has 2 aromatic carbocycles. The zero-order valence-corrected chi connectivity index (χ0v) is 14.2. The Kier molecular flexibility index (Phi) is 4.74. The van der Waals surface area contributed by atoms with E-state index < -0.39 is 5.91 Å². The molecule has 0 fully saturated rings. The fraction of sp³-hybridized carbons (Fsp3) is 0.167. The van der Waals surface area contributed by atoms with Crippen LogP contribution in [0.5, 0.6) is 17.2 Å². The third kappa shape index (κ3) is 3.30. The molecule has 0 aliphatic rings. The highest BCUT2D eigenvalue weighted by Crippen LogP contribution is 2.29. The fourth-order valence-electron chi connectivity index (χ4n) is 2.52. The number of nitrogens with one attached hydrogen (secondary N) is 1. The van der Waals surface area contributed by atoms with Gasteiger partial charge in [-0.05, 0) is 18.2 Å². The summed E-state index contributed by atoms with van der Waals surface area (Å²) in [5, 5.41) is 12.6. The van der Waals surface area contributed by atoms with E-state index in [1.54, 1.807) is 24.3 Å². The molecule has 1 amide bonds. The molecular weight excluding hydrogens is 338 g/mol. The summed E-state index contributed by atoms with van der Waals surface area (Å²) in [5.74, 6) is 0.342. The Morgan fingerprint density at radius 3 is 2.58 bits per heavy atom. The van der Waals surface area contributed by atoms with E-state index >= 15 is 0 Å². The Labute approximate surface area is 148 Å². The number of rotatable bonds is 5. The minimum atomic E-state index is -0.463. The zero-order valence-electron chi connectivity index (χ0n) is 14.2. The van der Waals surface area contributed by atoms with Crippen molar-refractivity contribution >= 4 is 22.5 Å². The second kappa shape index (κ2) is 7.14. The van der Waals surface area contributed by atoms with Crippen LogP contribution in [0.25, 0.3) is 10.9 Å². The molecule has 0 bridgehead atoms. The number of ether oxygens (including phenoxy) is 2. The number of nitrogens with zero attached hydrogens (tertiary/aromatic N) is 2. The van der Waals surface area contributed by atoms with Gasteiger partial charge >= 0.3 is 0 Å². The number of fused-ring (bicyclic) bond motifs is 1. The largest absolute Gasteiger partial charge is 0.506 e. The van der Waals surface area contributed by atoms with Crippen LogP contribution in [0.1, 0.15) is 0 Å². The van der Waals surface area contributed by atoms with E-state index in [1.807, 2.05) is 0 Å². The molecule has 134 valence electrons. The molecule has 3 aromatic rings. The number of methoxy groups -OCH3 is 2. The number of para-hydroxylation sites is 2. The van der Waals surface area contributed by atoms with E-state index in [-0.39, 0.29) is 23.5 Å². The minimum absolute atomic E-state index is 0.0540. The van der Waals surface area contributed by atoms with Crippen LogP contribution in [0.4, 0.5) is 5.69 Å². The molecule has 0 atom stereocenters. The molecule has 8 nitrogen and oxygen atoms in total. The summed E-state index contributed by atoms with van der Waals surface area (Å²) in [7, 11) is 2.96. The first kappa shape index (κ1) is 17.3. The number of benzene rings is 2. The van der Waals surface area contributed by atoms with E-state index in [0.717, 1.165) is 0 Å². The maximum Gasteiger partial charge on any atom is 0.261 e. The summed E-state index contributed by atoms with van der Waals surface area (Å²) in [6, 6.07) is 9.47. The number of hydrogen-bond donors (Lipinski definition) is 2. The lowest BCUT2D eigenvalue weighted by Gasteiger charge is -2.11. The predicted octanol–water partition coefficient (Wildman–Crippen LogP) is 1.76. The van der Waals surface area contributed by atoms with Crippen LogP contribution in [-0.4, -0.2) is 34.8 Å². The molecule has 0 spiro atoms. The Bertz CT molecular complexity index is 1030. The van der Waals surface area contributed by atoms with Crippen LogP contribution in [0.3, 0.4) is 0 Å². The number of carbonyl (C=O) groups excluding carboxylic acids is 1. The first-order valence-electron chi connectivity index (χ1n) is 7.72. The number of carbonyl (C=O) groups is 1. The molecule has 2 N–H and O–H groups in total. The van der Waals surface area contributed by atoms with E-state index in [4.69, 9.17) is 9.47 Å². The summed E-state index contributed by atoms with van der Waals surface area (Å²) in [6.07, 6.45) is 1.29. The SMILES string of the molecule is COc1cc2ncn(CC(=O)Nc3ccccc3O)c(=O)c2cc1OC. The fourth-order valence-corrected chi connectivity index (χ4v) is 2.52. The Morgan fingerprint density at radius 2 is 1.88 bits per heavy atom. The highest BCUT2D eigenvalue weighted by Gasteiger charge is 2.13. The number of amides is 1. The van der Waals surface area contributed by atoms with Crippen molar-refractivity contribution in [3.05, 3.63) is 53.1 Å². The van der Waals surface area contributed by atoms with E-state index in [1.165, 1.54) is 37.2 Å². The molecule has 3 rings (SSSR count). The number of aromatic hydroxyl groups is 1. The molecule has 0 aliphatic carbocycles. The van der Waals surface area contributed by atoms with Gasteiger partial charge in [0.05, 0.1) is 37.1 Å². The number of aromatic nitrogens is 2. The van der Waals surface area contributed by atoms with Crippen molar-refractivity contribution in [2.45, 2.75) is 6.54 Å². The number of hydrogen-bond acceptors (Lipinski definition) is 6. The average molecular weight is 355 g/mol. The molecule has 26 heavy (non-hydrogen) atoms. The van der Waals surface area contributed by atoms with Crippen molar-refractivity contribution in [1.82, 2.24) is 9.55 Å². The van der Waals surface area contributed by atoms with Crippen LogP contribution in [-0.2, 0) is 11.3 Å². The van der Waals surface area contributed by atoms with Gasteiger partial charge < -0.3 is 19.9 Å². The van der Waals surface area contributed by atoms with Crippen molar-refractivity contribution in [2.75, 3.05) is 19.5 Å². The van der Waals surface area contributed by atoms with Gasteiger partial charge in [-0.2, -0.15) is 0 Å². The van der Waals surface area contributed by atoms with Gasteiger partial charge in [0.2, 0.25) is 5.91 Å². The number of phenolic OH excluding ortho intramolecular Hbond substituents is 1. The first-order chi connectivity index (χ1) is 12.5. The van der Waals surface area contributed by atoms with Crippen molar-refractivity contribution in [2.24, 2.45) is 0 Å². The Hall–Kier alpha value is -3.55. The molecule has 0 unspecified atom stereocenters. The summed E-state index contributed by atoms with van der Waals surface area (Å²) in [6.45, 7) is -0.246. The van der Waals surface area contributed by atoms with Gasteiger partial charge in [0.15, 0.2) is 11.5 Å². The van der Waals surface area contributed by atoms with Crippen LogP contribution < -0.4 is 20.3 Å². The van der Waals surface area contributed by atoms with Gasteiger partial charge in [-0.1, -0.05) is 12.1 Å². The molecule has 1 heterocycles. The monoisotopic (exact) mass is 355 g/mol. The first-order valence-corrected chi connectivity index (χ1v) is 7.72. The molecular formula is C18H17N3O5. The van der Waals surface area contributed by atoms with Gasteiger partial charge in [0.25, 0.3) is 5.56 Å². The maximum atomic E-state index is 12.6. The van der Waals surface area contributed by atoms with Crippen molar-refractivity contribution in [3.8, 4) is 17.2 Å². The molecule has 0 saturated heterocycles. The van der Waals surface area contributed by atoms with Gasteiger partial charge in [0.1, 0.15) is 12.3 Å².